The highest BCUT2D eigenvalue weighted by molar-refractivity contribution is 5.80. The normalized spacial score (nSPS) is 16.4. The fraction of sp³-hybridized carbons (Fsp3) is 0.706. The predicted molar refractivity (Wildman–Crippen MR) is 94.1 cm³/mol. The van der Waals surface area contributed by atoms with Gasteiger partial charge in [0.05, 0.1) is 18.7 Å². The third kappa shape index (κ3) is 4.07. The molecule has 0 saturated carbocycles. The Kier molecular flexibility index (Phi) is 6.23. The molecule has 134 valence electrons. The van der Waals surface area contributed by atoms with E-state index in [2.05, 4.69) is 34.2 Å². The number of rotatable bonds is 4. The van der Waals surface area contributed by atoms with Crippen molar-refractivity contribution in [2.75, 3.05) is 33.8 Å². The van der Waals surface area contributed by atoms with Crippen LogP contribution in [0.1, 0.15) is 29.8 Å². The summed E-state index contributed by atoms with van der Waals surface area (Å²) in [5.41, 5.74) is 3.60. The first-order valence-electron chi connectivity index (χ1n) is 8.50. The minimum atomic E-state index is -0.0971. The number of nitrogens with one attached hydrogen (secondary N) is 1. The molecule has 1 aromatic heterocycles. The van der Waals surface area contributed by atoms with E-state index in [1.807, 2.05) is 11.7 Å². The highest BCUT2D eigenvalue weighted by atomic mass is 16.5. The lowest BCUT2D eigenvalue weighted by atomic mass is 9.97. The Morgan fingerprint density at radius 2 is 2.04 bits per heavy atom. The molecule has 1 aliphatic rings. The number of hydrogen-bond donors (Lipinski definition) is 1. The van der Waals surface area contributed by atoms with Crippen LogP contribution in [0.15, 0.2) is 4.99 Å². The van der Waals surface area contributed by atoms with Crippen LogP contribution in [0, 0.1) is 19.8 Å². The zero-order valence-electron chi connectivity index (χ0n) is 15.4. The van der Waals surface area contributed by atoms with Gasteiger partial charge in [0.2, 0.25) is 0 Å². The van der Waals surface area contributed by atoms with Crippen molar-refractivity contribution >= 4 is 11.9 Å². The van der Waals surface area contributed by atoms with Crippen LogP contribution in [0.2, 0.25) is 0 Å². The summed E-state index contributed by atoms with van der Waals surface area (Å²) in [7, 11) is 5.23. The van der Waals surface area contributed by atoms with Gasteiger partial charge in [-0.3, -0.25) is 14.5 Å². The van der Waals surface area contributed by atoms with Crippen molar-refractivity contribution in [3.63, 3.8) is 0 Å². The lowest BCUT2D eigenvalue weighted by Crippen LogP contribution is -2.47. The number of ether oxygens (including phenoxy) is 1. The number of guanidine groups is 1. The molecule has 0 radical (unpaired) electrons. The van der Waals surface area contributed by atoms with Crippen LogP contribution < -0.4 is 5.32 Å². The summed E-state index contributed by atoms with van der Waals surface area (Å²) in [6.45, 7) is 6.61. The standard InChI is InChI=1S/C17H29N5O2/c1-12-15(13(2)21(4)20-12)6-9-19-17(18-3)22-10-7-14(8-11-22)16(23)24-5/h14H,6-11H2,1-5H3,(H,18,19). The number of methoxy groups -OCH3 is 1. The van der Waals surface area contributed by atoms with Crippen molar-refractivity contribution in [1.29, 1.82) is 0 Å². The van der Waals surface area contributed by atoms with Crippen LogP contribution >= 0.6 is 0 Å². The molecule has 0 aromatic carbocycles. The van der Waals surface area contributed by atoms with Gasteiger partial charge in [-0.1, -0.05) is 0 Å². The van der Waals surface area contributed by atoms with Crippen LogP contribution in [0.3, 0.4) is 0 Å². The molecule has 0 atom stereocenters. The maximum absolute atomic E-state index is 11.6. The predicted octanol–water partition coefficient (Wildman–Crippen LogP) is 1.04. The second-order valence-electron chi connectivity index (χ2n) is 6.28. The molecule has 0 bridgehead atoms. The van der Waals surface area contributed by atoms with Gasteiger partial charge < -0.3 is 15.0 Å². The summed E-state index contributed by atoms with van der Waals surface area (Å²) in [5, 5.41) is 7.89. The third-order valence-electron chi connectivity index (χ3n) is 4.86. The number of aryl methyl sites for hydroxylation is 2. The van der Waals surface area contributed by atoms with Gasteiger partial charge in [-0.15, -0.1) is 0 Å². The second kappa shape index (κ2) is 8.17. The Labute approximate surface area is 144 Å². The zero-order chi connectivity index (χ0) is 17.7. The number of nitrogens with zero attached hydrogens (tertiary/aromatic N) is 4. The first kappa shape index (κ1) is 18.3. The number of aliphatic imine (C=N–C) groups is 1. The minimum absolute atomic E-state index is 0.0186. The van der Waals surface area contributed by atoms with Gasteiger partial charge in [0.25, 0.3) is 0 Å². The summed E-state index contributed by atoms with van der Waals surface area (Å²) in [5.74, 6) is 0.822. The van der Waals surface area contributed by atoms with Crippen LogP contribution in [-0.4, -0.2) is 60.4 Å². The van der Waals surface area contributed by atoms with E-state index < -0.39 is 0 Å². The summed E-state index contributed by atoms with van der Waals surface area (Å²) in [6, 6.07) is 0. The van der Waals surface area contributed by atoms with Crippen LogP contribution in [-0.2, 0) is 23.0 Å². The minimum Gasteiger partial charge on any atom is -0.469 e. The first-order valence-corrected chi connectivity index (χ1v) is 8.50. The molecular weight excluding hydrogens is 306 g/mol. The van der Waals surface area contributed by atoms with Gasteiger partial charge in [-0.05, 0) is 38.7 Å². The second-order valence-corrected chi connectivity index (χ2v) is 6.28. The third-order valence-corrected chi connectivity index (χ3v) is 4.86. The Hall–Kier alpha value is -2.05. The Bertz CT molecular complexity index is 600. The van der Waals surface area contributed by atoms with Crippen molar-refractivity contribution in [3.8, 4) is 0 Å². The number of carbonyl (C=O) groups is 1. The smallest absolute Gasteiger partial charge is 0.308 e. The summed E-state index contributed by atoms with van der Waals surface area (Å²) in [4.78, 5) is 18.2. The largest absolute Gasteiger partial charge is 0.469 e. The lowest BCUT2D eigenvalue weighted by Gasteiger charge is -2.33. The quantitative estimate of drug-likeness (QED) is 0.506. The average Bonchev–Trinajstić information content (AvgIpc) is 2.84. The Morgan fingerprint density at radius 3 is 2.54 bits per heavy atom. The molecule has 2 rings (SSSR count). The molecule has 1 N–H and O–H groups in total. The number of aromatic nitrogens is 2. The zero-order valence-corrected chi connectivity index (χ0v) is 15.4. The number of piperidine rings is 1. The summed E-state index contributed by atoms with van der Waals surface area (Å²) in [6.07, 6.45) is 2.55. The van der Waals surface area contributed by atoms with E-state index in [-0.39, 0.29) is 11.9 Å². The molecule has 7 heteroatoms. The van der Waals surface area contributed by atoms with Gasteiger partial charge in [0, 0.05) is 39.4 Å². The number of hydrogen-bond acceptors (Lipinski definition) is 4. The van der Waals surface area contributed by atoms with Crippen molar-refractivity contribution < 1.29 is 9.53 Å². The van der Waals surface area contributed by atoms with E-state index in [4.69, 9.17) is 4.74 Å². The van der Waals surface area contributed by atoms with Gasteiger partial charge in [-0.2, -0.15) is 5.10 Å². The molecule has 24 heavy (non-hydrogen) atoms. The van der Waals surface area contributed by atoms with Crippen molar-refractivity contribution in [3.05, 3.63) is 17.0 Å². The highest BCUT2D eigenvalue weighted by Gasteiger charge is 2.26. The molecule has 1 saturated heterocycles. The molecule has 0 spiro atoms. The molecule has 2 heterocycles. The SMILES string of the molecule is CN=C(NCCc1c(C)nn(C)c1C)N1CCC(C(=O)OC)CC1. The first-order chi connectivity index (χ1) is 11.5. The fourth-order valence-electron chi connectivity index (χ4n) is 3.30. The lowest BCUT2D eigenvalue weighted by molar-refractivity contribution is -0.146. The van der Waals surface area contributed by atoms with E-state index in [0.717, 1.165) is 50.6 Å². The van der Waals surface area contributed by atoms with Crippen LogP contribution in [0.4, 0.5) is 0 Å². The molecular formula is C17H29N5O2. The highest BCUT2D eigenvalue weighted by Crippen LogP contribution is 2.18. The van der Waals surface area contributed by atoms with Gasteiger partial charge in [-0.25, -0.2) is 0 Å². The molecule has 0 unspecified atom stereocenters. The maximum atomic E-state index is 11.6. The van der Waals surface area contributed by atoms with E-state index >= 15 is 0 Å². The molecule has 7 nitrogen and oxygen atoms in total. The topological polar surface area (TPSA) is 71.8 Å². The molecule has 0 aliphatic carbocycles. The van der Waals surface area contributed by atoms with Crippen molar-refractivity contribution in [2.45, 2.75) is 33.1 Å². The van der Waals surface area contributed by atoms with Crippen LogP contribution in [0.5, 0.6) is 0 Å². The molecule has 1 fully saturated rings. The average molecular weight is 335 g/mol. The number of esters is 1. The number of carbonyl (C=O) groups excluding carboxylic acids is 1. The van der Waals surface area contributed by atoms with E-state index in [1.54, 1.807) is 7.05 Å². The molecule has 1 aromatic rings. The molecule has 0 amide bonds. The Balaban J connectivity index is 1.84. The van der Waals surface area contributed by atoms with Crippen molar-refractivity contribution in [1.82, 2.24) is 20.0 Å². The fourth-order valence-corrected chi connectivity index (χ4v) is 3.30. The van der Waals surface area contributed by atoms with Gasteiger partial charge in [0.1, 0.15) is 0 Å². The monoisotopic (exact) mass is 335 g/mol. The summed E-state index contributed by atoms with van der Waals surface area (Å²) < 4.78 is 6.77. The van der Waals surface area contributed by atoms with Gasteiger partial charge in [0.15, 0.2) is 5.96 Å². The van der Waals surface area contributed by atoms with Crippen LogP contribution in [0.25, 0.3) is 0 Å². The van der Waals surface area contributed by atoms with E-state index in [1.165, 1.54) is 18.4 Å². The summed E-state index contributed by atoms with van der Waals surface area (Å²) >= 11 is 0. The van der Waals surface area contributed by atoms with Gasteiger partial charge >= 0.3 is 5.97 Å². The Morgan fingerprint density at radius 1 is 1.38 bits per heavy atom. The maximum Gasteiger partial charge on any atom is 0.308 e. The van der Waals surface area contributed by atoms with E-state index in [0.29, 0.717) is 0 Å². The molecule has 1 aliphatic heterocycles. The number of likely N-dealkylation sites (tertiary alicyclic amines) is 1. The van der Waals surface area contributed by atoms with Crippen molar-refractivity contribution in [2.24, 2.45) is 18.0 Å². The van der Waals surface area contributed by atoms with E-state index in [9.17, 15) is 4.79 Å².